The van der Waals surface area contributed by atoms with E-state index in [2.05, 4.69) is 4.98 Å². The van der Waals surface area contributed by atoms with Crippen molar-refractivity contribution in [1.82, 2.24) is 9.55 Å². The highest BCUT2D eigenvalue weighted by atomic mass is 32.2. The van der Waals surface area contributed by atoms with Crippen LogP contribution in [0.4, 0.5) is 0 Å². The van der Waals surface area contributed by atoms with Crippen molar-refractivity contribution in [3.8, 4) is 0 Å². The van der Waals surface area contributed by atoms with Gasteiger partial charge in [-0.1, -0.05) is 0 Å². The van der Waals surface area contributed by atoms with Crippen molar-refractivity contribution in [2.24, 2.45) is 7.05 Å². The number of hydrogen-bond donors (Lipinski definition) is 0. The van der Waals surface area contributed by atoms with Crippen LogP contribution in [0.5, 0.6) is 0 Å². The third-order valence-corrected chi connectivity index (χ3v) is 3.15. The largest absolute Gasteiger partial charge is 0.300 e. The van der Waals surface area contributed by atoms with Crippen LogP contribution in [0.3, 0.4) is 0 Å². The van der Waals surface area contributed by atoms with E-state index in [9.17, 15) is 13.2 Å². The van der Waals surface area contributed by atoms with Gasteiger partial charge in [0.2, 0.25) is 0 Å². The van der Waals surface area contributed by atoms with E-state index < -0.39 is 9.84 Å². The van der Waals surface area contributed by atoms with Crippen LogP contribution in [0.15, 0.2) is 9.82 Å². The molecule has 1 aromatic rings. The van der Waals surface area contributed by atoms with Crippen LogP contribution in [0.25, 0.3) is 0 Å². The maximum Gasteiger partial charge on any atom is 0.257 e. The van der Waals surface area contributed by atoms with Crippen molar-refractivity contribution < 1.29 is 8.42 Å². The topological polar surface area (TPSA) is 69.0 Å². The van der Waals surface area contributed by atoms with Crippen LogP contribution in [0.1, 0.15) is 11.4 Å². The lowest BCUT2D eigenvalue weighted by molar-refractivity contribution is 0.593. The Morgan fingerprint density at radius 2 is 1.79 bits per heavy atom. The highest BCUT2D eigenvalue weighted by molar-refractivity contribution is 7.90. The fourth-order valence-electron chi connectivity index (χ4n) is 1.16. The van der Waals surface area contributed by atoms with Crippen molar-refractivity contribution in [3.05, 3.63) is 21.7 Å². The summed E-state index contributed by atoms with van der Waals surface area (Å²) in [6, 6.07) is 0. The summed E-state index contributed by atoms with van der Waals surface area (Å²) in [5.74, 6) is 0.390. The molecule has 0 spiro atoms. The molecule has 0 N–H and O–H groups in total. The Morgan fingerprint density at radius 3 is 2.21 bits per heavy atom. The molecule has 0 aliphatic heterocycles. The number of sulfone groups is 1. The maximum absolute atomic E-state index is 11.5. The van der Waals surface area contributed by atoms with E-state index in [-0.39, 0.29) is 16.1 Å². The molecule has 0 atom stereocenters. The van der Waals surface area contributed by atoms with Gasteiger partial charge in [0, 0.05) is 13.3 Å². The van der Waals surface area contributed by atoms with E-state index in [1.54, 1.807) is 14.0 Å². The average molecular weight is 216 g/mol. The average Bonchev–Trinajstić information content (AvgIpc) is 2.06. The van der Waals surface area contributed by atoms with Gasteiger partial charge in [-0.25, -0.2) is 13.4 Å². The van der Waals surface area contributed by atoms with Gasteiger partial charge >= 0.3 is 0 Å². The van der Waals surface area contributed by atoms with Gasteiger partial charge in [-0.2, -0.15) is 0 Å². The Morgan fingerprint density at radius 1 is 1.29 bits per heavy atom. The molecule has 78 valence electrons. The molecule has 0 saturated heterocycles. The summed E-state index contributed by atoms with van der Waals surface area (Å²) in [4.78, 5) is 15.4. The number of aromatic nitrogens is 2. The van der Waals surface area contributed by atoms with Crippen molar-refractivity contribution in [2.45, 2.75) is 18.9 Å². The van der Waals surface area contributed by atoms with E-state index in [1.807, 2.05) is 0 Å². The minimum Gasteiger partial charge on any atom is -0.300 e. The van der Waals surface area contributed by atoms with Crippen LogP contribution in [-0.4, -0.2) is 24.2 Å². The van der Waals surface area contributed by atoms with Crippen LogP contribution in [0.2, 0.25) is 0 Å². The minimum atomic E-state index is -3.42. The van der Waals surface area contributed by atoms with Crippen molar-refractivity contribution in [1.29, 1.82) is 0 Å². The summed E-state index contributed by atoms with van der Waals surface area (Å²) >= 11 is 0. The summed E-state index contributed by atoms with van der Waals surface area (Å²) in [6.07, 6.45) is 1.04. The third kappa shape index (κ3) is 1.70. The molecule has 0 fully saturated rings. The van der Waals surface area contributed by atoms with Gasteiger partial charge < -0.3 is 0 Å². The number of hydrogen-bond acceptors (Lipinski definition) is 4. The van der Waals surface area contributed by atoms with E-state index >= 15 is 0 Å². The first-order valence-electron chi connectivity index (χ1n) is 3.99. The highest BCUT2D eigenvalue weighted by Crippen LogP contribution is 2.07. The molecule has 0 aromatic carbocycles. The van der Waals surface area contributed by atoms with Gasteiger partial charge in [0.15, 0.2) is 14.9 Å². The molecule has 14 heavy (non-hydrogen) atoms. The maximum atomic E-state index is 11.5. The molecule has 1 heterocycles. The molecule has 0 amide bonds. The van der Waals surface area contributed by atoms with Gasteiger partial charge in [0.1, 0.15) is 5.82 Å². The molecule has 6 heteroatoms. The fraction of sp³-hybridized carbons (Fsp3) is 0.500. The second-order valence-corrected chi connectivity index (χ2v) is 5.16. The molecule has 0 radical (unpaired) electrons. The van der Waals surface area contributed by atoms with Gasteiger partial charge in [-0.15, -0.1) is 0 Å². The Kier molecular flexibility index (Phi) is 2.49. The third-order valence-electron chi connectivity index (χ3n) is 2.05. The summed E-state index contributed by atoms with van der Waals surface area (Å²) < 4.78 is 23.8. The van der Waals surface area contributed by atoms with Crippen LogP contribution < -0.4 is 5.56 Å². The normalized spacial score (nSPS) is 11.7. The molecule has 1 aromatic heterocycles. The summed E-state index contributed by atoms with van der Waals surface area (Å²) in [7, 11) is -1.86. The van der Waals surface area contributed by atoms with Crippen LogP contribution in [0, 0.1) is 13.8 Å². The number of aryl methyl sites for hydroxylation is 1. The Hall–Kier alpha value is -1.17. The standard InChI is InChI=1S/C8H12N2O3S/c1-5-7(14(4,12)13)9-6(2)10(3)8(5)11/h1-4H3. The van der Waals surface area contributed by atoms with Crippen molar-refractivity contribution >= 4 is 9.84 Å². The predicted molar refractivity (Wildman–Crippen MR) is 52.1 cm³/mol. The first-order chi connectivity index (χ1) is 6.25. The van der Waals surface area contributed by atoms with E-state index in [1.165, 1.54) is 11.5 Å². The lowest BCUT2D eigenvalue weighted by Gasteiger charge is -2.07. The molecule has 1 rings (SSSR count). The molecule has 0 aliphatic rings. The number of nitrogens with zero attached hydrogens (tertiary/aromatic N) is 2. The first-order valence-corrected chi connectivity index (χ1v) is 5.88. The molecule has 0 bridgehead atoms. The molecule has 0 aliphatic carbocycles. The molecule has 0 saturated carbocycles. The lowest BCUT2D eigenvalue weighted by atomic mass is 10.4. The molecule has 5 nitrogen and oxygen atoms in total. The summed E-state index contributed by atoms with van der Waals surface area (Å²) in [5.41, 5.74) is -0.154. The second-order valence-electron chi connectivity index (χ2n) is 3.23. The SMILES string of the molecule is Cc1c(S(C)(=O)=O)nc(C)n(C)c1=O. The lowest BCUT2D eigenvalue weighted by Crippen LogP contribution is -2.26. The minimum absolute atomic E-state index is 0.127. The Labute approximate surface area is 82.3 Å². The molecular formula is C8H12N2O3S. The van der Waals surface area contributed by atoms with Gasteiger partial charge in [-0.3, -0.25) is 9.36 Å². The van der Waals surface area contributed by atoms with Gasteiger partial charge in [0.05, 0.1) is 5.56 Å². The van der Waals surface area contributed by atoms with Crippen molar-refractivity contribution in [2.75, 3.05) is 6.26 Å². The van der Waals surface area contributed by atoms with Crippen LogP contribution in [-0.2, 0) is 16.9 Å². The summed E-state index contributed by atoms with van der Waals surface area (Å²) in [5, 5.41) is -0.127. The van der Waals surface area contributed by atoms with Crippen LogP contribution >= 0.6 is 0 Å². The summed E-state index contributed by atoms with van der Waals surface area (Å²) in [6.45, 7) is 3.06. The monoisotopic (exact) mass is 216 g/mol. The predicted octanol–water partition coefficient (Wildman–Crippen LogP) is -0.199. The van der Waals surface area contributed by atoms with Gasteiger partial charge in [0.25, 0.3) is 5.56 Å². The molecular weight excluding hydrogens is 204 g/mol. The Bertz CT molecular complexity index is 528. The zero-order valence-electron chi connectivity index (χ0n) is 8.53. The second kappa shape index (κ2) is 3.20. The Balaban J connectivity index is 3.75. The van der Waals surface area contributed by atoms with Gasteiger partial charge in [-0.05, 0) is 13.8 Å². The zero-order chi connectivity index (χ0) is 11.1. The zero-order valence-corrected chi connectivity index (χ0v) is 9.34. The smallest absolute Gasteiger partial charge is 0.257 e. The highest BCUT2D eigenvalue weighted by Gasteiger charge is 2.17. The first kappa shape index (κ1) is 10.9. The number of rotatable bonds is 1. The quantitative estimate of drug-likeness (QED) is 0.610. The van der Waals surface area contributed by atoms with E-state index in [4.69, 9.17) is 0 Å². The van der Waals surface area contributed by atoms with Crippen molar-refractivity contribution in [3.63, 3.8) is 0 Å². The molecule has 0 unspecified atom stereocenters. The fourth-order valence-corrected chi connectivity index (χ4v) is 2.10. The van der Waals surface area contributed by atoms with E-state index in [0.29, 0.717) is 5.82 Å². The van der Waals surface area contributed by atoms with E-state index in [0.717, 1.165) is 6.26 Å².